The molecule has 0 bridgehead atoms. The van der Waals surface area contributed by atoms with Crippen LogP contribution in [0.15, 0.2) is 46.9 Å². The molecule has 0 spiro atoms. The molecule has 0 heterocycles. The number of rotatable bonds is 4. The predicted octanol–water partition coefficient (Wildman–Crippen LogP) is 3.84. The van der Waals surface area contributed by atoms with Gasteiger partial charge in [0.2, 0.25) is 0 Å². The Morgan fingerprint density at radius 3 is 2.37 bits per heavy atom. The summed E-state index contributed by atoms with van der Waals surface area (Å²) in [7, 11) is 0. The Balaban J connectivity index is 2.22. The molecule has 2 nitrogen and oxygen atoms in total. The molecule has 0 saturated heterocycles. The summed E-state index contributed by atoms with van der Waals surface area (Å²) in [4.78, 5) is 0. The Morgan fingerprint density at radius 2 is 1.79 bits per heavy atom. The van der Waals surface area contributed by atoms with Crippen molar-refractivity contribution in [1.29, 1.82) is 0 Å². The van der Waals surface area contributed by atoms with Crippen LogP contribution >= 0.6 is 15.9 Å². The fourth-order valence-corrected chi connectivity index (χ4v) is 2.13. The molecule has 3 N–H and O–H groups in total. The molecular weight excluding hydrogens is 314 g/mol. The third kappa shape index (κ3) is 3.52. The van der Waals surface area contributed by atoms with Crippen molar-refractivity contribution in [2.75, 3.05) is 11.9 Å². The summed E-state index contributed by atoms with van der Waals surface area (Å²) in [5, 5.41) is 3.09. The Morgan fingerprint density at radius 1 is 1.11 bits per heavy atom. The van der Waals surface area contributed by atoms with E-state index in [4.69, 9.17) is 5.73 Å². The van der Waals surface area contributed by atoms with Gasteiger partial charge in [-0.15, -0.1) is 0 Å². The molecule has 19 heavy (non-hydrogen) atoms. The van der Waals surface area contributed by atoms with Crippen molar-refractivity contribution in [3.05, 3.63) is 64.1 Å². The fourth-order valence-electron chi connectivity index (χ4n) is 1.80. The highest BCUT2D eigenvalue weighted by atomic mass is 79.9. The van der Waals surface area contributed by atoms with Crippen molar-refractivity contribution in [1.82, 2.24) is 0 Å². The Hall–Kier alpha value is -1.46. The maximum Gasteiger partial charge on any atom is 0.129 e. The van der Waals surface area contributed by atoms with Crippen LogP contribution in [-0.2, 0) is 0 Å². The van der Waals surface area contributed by atoms with Gasteiger partial charge in [0, 0.05) is 22.3 Å². The molecule has 0 radical (unpaired) electrons. The Kier molecular flexibility index (Phi) is 4.50. The van der Waals surface area contributed by atoms with E-state index in [9.17, 15) is 8.78 Å². The van der Waals surface area contributed by atoms with E-state index in [1.807, 2.05) is 0 Å². The van der Waals surface area contributed by atoms with Crippen LogP contribution in [-0.4, -0.2) is 6.54 Å². The van der Waals surface area contributed by atoms with Crippen LogP contribution in [0.3, 0.4) is 0 Å². The van der Waals surface area contributed by atoms with Gasteiger partial charge in [-0.3, -0.25) is 0 Å². The van der Waals surface area contributed by atoms with Crippen LogP contribution in [0.5, 0.6) is 0 Å². The number of nitrogens with two attached hydrogens (primary N) is 1. The summed E-state index contributed by atoms with van der Waals surface area (Å²) in [5.41, 5.74) is 6.85. The van der Waals surface area contributed by atoms with E-state index in [0.717, 1.165) is 0 Å². The maximum atomic E-state index is 13.9. The van der Waals surface area contributed by atoms with Crippen molar-refractivity contribution in [2.45, 2.75) is 6.04 Å². The van der Waals surface area contributed by atoms with Crippen LogP contribution in [0.4, 0.5) is 14.5 Å². The second-order valence-corrected chi connectivity index (χ2v) is 5.02. The summed E-state index contributed by atoms with van der Waals surface area (Å²) >= 11 is 3.21. The van der Waals surface area contributed by atoms with E-state index in [-0.39, 0.29) is 24.2 Å². The van der Waals surface area contributed by atoms with Gasteiger partial charge in [-0.2, -0.15) is 0 Å². The topological polar surface area (TPSA) is 38.0 Å². The number of halogens is 3. The number of nitrogens with one attached hydrogen (secondary N) is 1. The molecule has 5 heteroatoms. The van der Waals surface area contributed by atoms with Gasteiger partial charge in [0.05, 0.1) is 6.04 Å². The molecule has 2 aromatic rings. The lowest BCUT2D eigenvalue weighted by Gasteiger charge is -2.19. The predicted molar refractivity (Wildman–Crippen MR) is 75.9 cm³/mol. The zero-order chi connectivity index (χ0) is 13.8. The molecule has 1 atom stereocenters. The quantitative estimate of drug-likeness (QED) is 0.895. The molecule has 2 aromatic carbocycles. The van der Waals surface area contributed by atoms with Crippen molar-refractivity contribution < 1.29 is 8.78 Å². The fraction of sp³-hybridized carbons (Fsp3) is 0.143. The normalized spacial score (nSPS) is 12.2. The maximum absolute atomic E-state index is 13.9. The lowest BCUT2D eigenvalue weighted by Crippen LogP contribution is -2.21. The zero-order valence-corrected chi connectivity index (χ0v) is 11.6. The van der Waals surface area contributed by atoms with Gasteiger partial charge in [0.25, 0.3) is 0 Å². The third-order valence-electron chi connectivity index (χ3n) is 2.76. The molecule has 0 saturated carbocycles. The van der Waals surface area contributed by atoms with E-state index in [1.165, 1.54) is 18.2 Å². The molecule has 0 aliphatic carbocycles. The van der Waals surface area contributed by atoms with E-state index in [0.29, 0.717) is 15.7 Å². The molecule has 0 amide bonds. The number of hydrogen-bond donors (Lipinski definition) is 2. The minimum Gasteiger partial charge on any atom is -0.377 e. The van der Waals surface area contributed by atoms with Crippen molar-refractivity contribution in [3.8, 4) is 0 Å². The monoisotopic (exact) mass is 326 g/mol. The minimum atomic E-state index is -0.362. The van der Waals surface area contributed by atoms with E-state index < -0.39 is 0 Å². The SMILES string of the molecule is NCC(Nc1ccc(F)cc1)c1ccc(Br)cc1F. The lowest BCUT2D eigenvalue weighted by atomic mass is 10.1. The molecule has 1 unspecified atom stereocenters. The number of benzene rings is 2. The van der Waals surface area contributed by atoms with Gasteiger partial charge >= 0.3 is 0 Å². The molecule has 2 rings (SSSR count). The summed E-state index contributed by atoms with van der Waals surface area (Å²) in [5.74, 6) is -0.649. The van der Waals surface area contributed by atoms with Crippen LogP contribution in [0.1, 0.15) is 11.6 Å². The first kappa shape index (κ1) is 14.0. The first-order valence-corrected chi connectivity index (χ1v) is 6.56. The highest BCUT2D eigenvalue weighted by Gasteiger charge is 2.14. The highest BCUT2D eigenvalue weighted by Crippen LogP contribution is 2.24. The van der Waals surface area contributed by atoms with E-state index in [2.05, 4.69) is 21.2 Å². The first-order valence-electron chi connectivity index (χ1n) is 5.77. The van der Waals surface area contributed by atoms with Crippen molar-refractivity contribution >= 4 is 21.6 Å². The third-order valence-corrected chi connectivity index (χ3v) is 3.25. The van der Waals surface area contributed by atoms with Gasteiger partial charge in [-0.05, 0) is 36.4 Å². The second kappa shape index (κ2) is 6.12. The Bertz CT molecular complexity index is 558. The van der Waals surface area contributed by atoms with E-state index >= 15 is 0 Å². The second-order valence-electron chi connectivity index (χ2n) is 4.11. The highest BCUT2D eigenvalue weighted by molar-refractivity contribution is 9.10. The first-order chi connectivity index (χ1) is 9.10. The van der Waals surface area contributed by atoms with E-state index in [1.54, 1.807) is 24.3 Å². The van der Waals surface area contributed by atoms with Gasteiger partial charge in [0.1, 0.15) is 11.6 Å². The minimum absolute atomic E-state index is 0.232. The number of anilines is 1. The summed E-state index contributed by atoms with van der Waals surface area (Å²) in [6.45, 7) is 0.232. The number of hydrogen-bond acceptors (Lipinski definition) is 2. The molecule has 0 aromatic heterocycles. The standard InChI is InChI=1S/C14H13BrF2N2/c15-9-1-6-12(13(17)7-9)14(8-18)19-11-4-2-10(16)3-5-11/h1-7,14,19H,8,18H2. The lowest BCUT2D eigenvalue weighted by molar-refractivity contribution is 0.592. The van der Waals surface area contributed by atoms with Gasteiger partial charge in [-0.1, -0.05) is 22.0 Å². The van der Waals surface area contributed by atoms with Crippen LogP contribution in [0, 0.1) is 11.6 Å². The Labute approximate surface area is 118 Å². The van der Waals surface area contributed by atoms with Crippen molar-refractivity contribution in [3.63, 3.8) is 0 Å². The molecule has 0 aliphatic rings. The molecular formula is C14H13BrF2N2. The average Bonchev–Trinajstić information content (AvgIpc) is 2.39. The molecule has 0 fully saturated rings. The average molecular weight is 327 g/mol. The van der Waals surface area contributed by atoms with Crippen molar-refractivity contribution in [2.24, 2.45) is 5.73 Å². The smallest absolute Gasteiger partial charge is 0.129 e. The van der Waals surface area contributed by atoms with Gasteiger partial charge in [-0.25, -0.2) is 8.78 Å². The summed E-state index contributed by atoms with van der Waals surface area (Å²) < 4.78 is 27.4. The van der Waals surface area contributed by atoms with Gasteiger partial charge < -0.3 is 11.1 Å². The zero-order valence-electron chi connectivity index (χ0n) is 10.0. The summed E-state index contributed by atoms with van der Waals surface area (Å²) in [6.07, 6.45) is 0. The summed E-state index contributed by atoms with van der Waals surface area (Å²) in [6, 6.07) is 10.3. The van der Waals surface area contributed by atoms with Crippen LogP contribution in [0.25, 0.3) is 0 Å². The van der Waals surface area contributed by atoms with Gasteiger partial charge in [0.15, 0.2) is 0 Å². The van der Waals surface area contributed by atoms with Crippen LogP contribution < -0.4 is 11.1 Å². The molecule has 100 valence electrons. The van der Waals surface area contributed by atoms with Crippen LogP contribution in [0.2, 0.25) is 0 Å². The molecule has 0 aliphatic heterocycles. The largest absolute Gasteiger partial charge is 0.377 e.